The Morgan fingerprint density at radius 1 is 1.47 bits per heavy atom. The number of benzene rings is 1. The fourth-order valence-electron chi connectivity index (χ4n) is 1.91. The summed E-state index contributed by atoms with van der Waals surface area (Å²) >= 11 is 0. The van der Waals surface area contributed by atoms with Crippen molar-refractivity contribution in [3.8, 4) is 0 Å². The molecule has 1 rings (SSSR count). The highest BCUT2D eigenvalue weighted by Crippen LogP contribution is 2.19. The van der Waals surface area contributed by atoms with Crippen molar-refractivity contribution in [3.05, 3.63) is 39.9 Å². The van der Waals surface area contributed by atoms with E-state index in [4.69, 9.17) is 5.73 Å². The number of carbonyl (C=O) groups excluding carboxylic acids is 1. The van der Waals surface area contributed by atoms with Gasteiger partial charge in [-0.2, -0.15) is 0 Å². The van der Waals surface area contributed by atoms with Gasteiger partial charge in [-0.1, -0.05) is 25.1 Å². The fraction of sp³-hybridized carbons (Fsp3) is 0.462. The third-order valence-electron chi connectivity index (χ3n) is 3.10. The molecule has 0 aliphatic carbocycles. The molecule has 0 fully saturated rings. The van der Waals surface area contributed by atoms with Gasteiger partial charge >= 0.3 is 0 Å². The first-order valence-corrected chi connectivity index (χ1v) is 6.18. The Morgan fingerprint density at radius 3 is 2.63 bits per heavy atom. The molecule has 104 valence electrons. The summed E-state index contributed by atoms with van der Waals surface area (Å²) in [5.41, 5.74) is 6.09. The van der Waals surface area contributed by atoms with Crippen LogP contribution in [-0.2, 0) is 11.3 Å². The summed E-state index contributed by atoms with van der Waals surface area (Å²) in [6.45, 7) is 2.40. The van der Waals surface area contributed by atoms with E-state index in [1.165, 1.54) is 11.0 Å². The van der Waals surface area contributed by atoms with Crippen LogP contribution in [-0.4, -0.2) is 29.3 Å². The van der Waals surface area contributed by atoms with Crippen molar-refractivity contribution in [3.63, 3.8) is 0 Å². The van der Waals surface area contributed by atoms with Crippen molar-refractivity contribution in [1.82, 2.24) is 4.90 Å². The van der Waals surface area contributed by atoms with Crippen LogP contribution in [0.1, 0.15) is 18.9 Å². The van der Waals surface area contributed by atoms with Crippen LogP contribution in [0.5, 0.6) is 0 Å². The van der Waals surface area contributed by atoms with Crippen molar-refractivity contribution in [2.75, 3.05) is 13.6 Å². The molecule has 0 aliphatic heterocycles. The normalized spacial score (nSPS) is 11.9. The summed E-state index contributed by atoms with van der Waals surface area (Å²) in [7, 11) is 1.64. The maximum atomic E-state index is 12.1. The van der Waals surface area contributed by atoms with Crippen molar-refractivity contribution < 1.29 is 9.72 Å². The predicted octanol–water partition coefficient (Wildman–Crippen LogP) is 1.54. The number of nitrogens with two attached hydrogens (primary N) is 1. The summed E-state index contributed by atoms with van der Waals surface area (Å²) < 4.78 is 0. The van der Waals surface area contributed by atoms with Gasteiger partial charge in [-0.25, -0.2) is 0 Å². The summed E-state index contributed by atoms with van der Waals surface area (Å²) in [5, 5.41) is 10.9. The molecule has 0 saturated carbocycles. The van der Waals surface area contributed by atoms with Crippen LogP contribution in [0.2, 0.25) is 0 Å². The molecular formula is C13H19N3O3. The average molecular weight is 265 g/mol. The summed E-state index contributed by atoms with van der Waals surface area (Å²) in [6, 6.07) is 6.43. The van der Waals surface area contributed by atoms with Crippen LogP contribution in [0.4, 0.5) is 5.69 Å². The van der Waals surface area contributed by atoms with E-state index in [9.17, 15) is 14.9 Å². The number of carbonyl (C=O) groups is 1. The van der Waals surface area contributed by atoms with Gasteiger partial charge < -0.3 is 10.6 Å². The Hall–Kier alpha value is -1.95. The van der Waals surface area contributed by atoms with E-state index in [1.807, 2.05) is 6.92 Å². The van der Waals surface area contributed by atoms with Crippen molar-refractivity contribution in [1.29, 1.82) is 0 Å². The van der Waals surface area contributed by atoms with Gasteiger partial charge in [0.2, 0.25) is 5.91 Å². The largest absolute Gasteiger partial charge is 0.341 e. The molecule has 1 aromatic carbocycles. The maximum absolute atomic E-state index is 12.1. The monoisotopic (exact) mass is 265 g/mol. The summed E-state index contributed by atoms with van der Waals surface area (Å²) in [6.07, 6.45) is 0.663. The number of hydrogen-bond donors (Lipinski definition) is 1. The Balaban J connectivity index is 2.85. The molecule has 0 spiro atoms. The van der Waals surface area contributed by atoms with Crippen molar-refractivity contribution in [2.24, 2.45) is 11.7 Å². The molecule has 1 unspecified atom stereocenters. The maximum Gasteiger partial charge on any atom is 0.274 e. The van der Waals surface area contributed by atoms with Crippen LogP contribution in [0.25, 0.3) is 0 Å². The quantitative estimate of drug-likeness (QED) is 0.624. The Bertz CT molecular complexity index is 458. The SMILES string of the molecule is CCC(CN)C(=O)N(C)Cc1ccccc1[N+](=O)[O-]. The lowest BCUT2D eigenvalue weighted by molar-refractivity contribution is -0.385. The molecule has 6 heteroatoms. The van der Waals surface area contributed by atoms with Gasteiger partial charge in [-0.15, -0.1) is 0 Å². The molecule has 0 radical (unpaired) electrons. The van der Waals surface area contributed by atoms with Crippen molar-refractivity contribution >= 4 is 11.6 Å². The minimum absolute atomic E-state index is 0.0305. The highest BCUT2D eigenvalue weighted by atomic mass is 16.6. The highest BCUT2D eigenvalue weighted by Gasteiger charge is 2.21. The zero-order valence-electron chi connectivity index (χ0n) is 11.2. The zero-order valence-corrected chi connectivity index (χ0v) is 11.2. The van der Waals surface area contributed by atoms with Crippen LogP contribution in [0.3, 0.4) is 0 Å². The lowest BCUT2D eigenvalue weighted by Crippen LogP contribution is -2.36. The highest BCUT2D eigenvalue weighted by molar-refractivity contribution is 5.78. The number of rotatable bonds is 6. The summed E-state index contributed by atoms with van der Waals surface area (Å²) in [4.78, 5) is 24.0. The minimum atomic E-state index is -0.437. The number of nitrogens with zero attached hydrogens (tertiary/aromatic N) is 2. The van der Waals surface area contributed by atoms with Gasteiger partial charge in [0.1, 0.15) is 0 Å². The number of nitro benzene ring substituents is 1. The molecule has 1 atom stereocenters. The number of amides is 1. The lowest BCUT2D eigenvalue weighted by atomic mass is 10.0. The number of para-hydroxylation sites is 1. The van der Waals surface area contributed by atoms with Crippen LogP contribution >= 0.6 is 0 Å². The molecule has 0 bridgehead atoms. The molecule has 0 aliphatic rings. The van der Waals surface area contributed by atoms with Gasteiger partial charge in [0.15, 0.2) is 0 Å². The van der Waals surface area contributed by atoms with E-state index in [0.29, 0.717) is 12.0 Å². The number of nitro groups is 1. The third kappa shape index (κ3) is 3.75. The molecule has 0 heterocycles. The van der Waals surface area contributed by atoms with Gasteiger partial charge in [0, 0.05) is 25.2 Å². The van der Waals surface area contributed by atoms with Gasteiger partial charge in [-0.3, -0.25) is 14.9 Å². The first kappa shape index (κ1) is 15.1. The van der Waals surface area contributed by atoms with E-state index < -0.39 is 4.92 Å². The van der Waals surface area contributed by atoms with E-state index in [-0.39, 0.29) is 30.6 Å². The Labute approximate surface area is 112 Å². The van der Waals surface area contributed by atoms with Crippen molar-refractivity contribution in [2.45, 2.75) is 19.9 Å². The van der Waals surface area contributed by atoms with Gasteiger partial charge in [0.25, 0.3) is 5.69 Å². The zero-order chi connectivity index (χ0) is 14.4. The van der Waals surface area contributed by atoms with Gasteiger partial charge in [-0.05, 0) is 6.42 Å². The van der Waals surface area contributed by atoms with E-state index >= 15 is 0 Å². The smallest absolute Gasteiger partial charge is 0.274 e. The van der Waals surface area contributed by atoms with Crippen LogP contribution < -0.4 is 5.73 Å². The Kier molecular flexibility index (Phi) is 5.44. The second kappa shape index (κ2) is 6.84. The standard InChI is InChI=1S/C13H19N3O3/c1-3-10(8-14)13(17)15(2)9-11-6-4-5-7-12(11)16(18)19/h4-7,10H,3,8-9,14H2,1-2H3. The fourth-order valence-corrected chi connectivity index (χ4v) is 1.91. The summed E-state index contributed by atoms with van der Waals surface area (Å²) in [5.74, 6) is -0.309. The molecule has 0 aromatic heterocycles. The Morgan fingerprint density at radius 2 is 2.11 bits per heavy atom. The van der Waals surface area contributed by atoms with E-state index in [1.54, 1.807) is 25.2 Å². The predicted molar refractivity (Wildman–Crippen MR) is 72.4 cm³/mol. The molecule has 1 aromatic rings. The van der Waals surface area contributed by atoms with Gasteiger partial charge in [0.05, 0.1) is 17.4 Å². The first-order chi connectivity index (χ1) is 9.01. The molecule has 1 amide bonds. The average Bonchev–Trinajstić information content (AvgIpc) is 2.40. The van der Waals surface area contributed by atoms with E-state index in [0.717, 1.165) is 0 Å². The molecule has 0 saturated heterocycles. The minimum Gasteiger partial charge on any atom is -0.341 e. The lowest BCUT2D eigenvalue weighted by Gasteiger charge is -2.22. The molecule has 2 N–H and O–H groups in total. The van der Waals surface area contributed by atoms with E-state index in [2.05, 4.69) is 0 Å². The third-order valence-corrected chi connectivity index (χ3v) is 3.10. The molecule has 6 nitrogen and oxygen atoms in total. The molecule has 19 heavy (non-hydrogen) atoms. The number of hydrogen-bond acceptors (Lipinski definition) is 4. The first-order valence-electron chi connectivity index (χ1n) is 6.18. The molecular weight excluding hydrogens is 246 g/mol. The van der Waals surface area contributed by atoms with Crippen LogP contribution in [0, 0.1) is 16.0 Å². The second-order valence-electron chi connectivity index (χ2n) is 4.42. The second-order valence-corrected chi connectivity index (χ2v) is 4.42. The van der Waals surface area contributed by atoms with Crippen LogP contribution in [0.15, 0.2) is 24.3 Å². The topological polar surface area (TPSA) is 89.5 Å².